The second-order valence-electron chi connectivity index (χ2n) is 7.80. The zero-order valence-electron chi connectivity index (χ0n) is 18.3. The van der Waals surface area contributed by atoms with Crippen molar-refractivity contribution in [2.24, 2.45) is 0 Å². The summed E-state index contributed by atoms with van der Waals surface area (Å²) in [6.07, 6.45) is 16.1. The third kappa shape index (κ3) is 14.5. The summed E-state index contributed by atoms with van der Waals surface area (Å²) in [6, 6.07) is 9.28. The average Bonchev–Trinajstić information content (AvgIpc) is 2.71. The van der Waals surface area contributed by atoms with Gasteiger partial charge in [-0.05, 0) is 31.4 Å². The van der Waals surface area contributed by atoms with E-state index >= 15 is 0 Å². The van der Waals surface area contributed by atoms with Gasteiger partial charge in [-0.1, -0.05) is 94.7 Å². The van der Waals surface area contributed by atoms with Crippen molar-refractivity contribution < 1.29 is 14.3 Å². The lowest BCUT2D eigenvalue weighted by Crippen LogP contribution is -2.34. The fraction of sp³-hybridized carbons (Fsp3) is 0.600. The van der Waals surface area contributed by atoms with E-state index in [1.807, 2.05) is 43.3 Å². The number of allylic oxidation sites excluding steroid dienone is 2. The summed E-state index contributed by atoms with van der Waals surface area (Å²) in [7, 11) is 0. The molecule has 0 aliphatic rings. The van der Waals surface area contributed by atoms with E-state index in [2.05, 4.69) is 12.2 Å². The molecule has 0 aromatic heterocycles. The molecule has 0 aliphatic heterocycles. The smallest absolute Gasteiger partial charge is 0.407 e. The Bertz CT molecular complexity index is 583. The Labute approximate surface area is 177 Å². The minimum atomic E-state index is -0.493. The second-order valence-corrected chi connectivity index (χ2v) is 7.80. The number of unbranched alkanes of at least 4 members (excludes halogenated alkanes) is 9. The van der Waals surface area contributed by atoms with Crippen molar-refractivity contribution in [1.82, 2.24) is 5.32 Å². The monoisotopic (exact) mass is 401 g/mol. The van der Waals surface area contributed by atoms with Crippen molar-refractivity contribution in [3.63, 3.8) is 0 Å². The number of alkyl carbamates (subject to hydrolysis) is 1. The molecule has 0 heterocycles. The van der Waals surface area contributed by atoms with Crippen molar-refractivity contribution in [2.45, 2.75) is 97.1 Å². The third-order valence-electron chi connectivity index (χ3n) is 4.86. The Balaban J connectivity index is 2.02. The molecule has 0 fully saturated rings. The molecule has 0 saturated carbocycles. The largest absolute Gasteiger partial charge is 0.445 e. The molecule has 0 bridgehead atoms. The van der Waals surface area contributed by atoms with Gasteiger partial charge < -0.3 is 10.1 Å². The Hall–Kier alpha value is -2.10. The summed E-state index contributed by atoms with van der Waals surface area (Å²) in [5.74, 6) is 0.0387. The Morgan fingerprint density at radius 3 is 2.24 bits per heavy atom. The summed E-state index contributed by atoms with van der Waals surface area (Å²) < 4.78 is 5.17. The van der Waals surface area contributed by atoms with Gasteiger partial charge in [0.05, 0.1) is 0 Å². The van der Waals surface area contributed by atoms with Gasteiger partial charge in [-0.2, -0.15) is 0 Å². The molecule has 1 aromatic carbocycles. The van der Waals surface area contributed by atoms with Crippen molar-refractivity contribution in [3.05, 3.63) is 48.0 Å². The molecule has 1 aromatic rings. The normalized spacial score (nSPS) is 12.1. The van der Waals surface area contributed by atoms with E-state index in [9.17, 15) is 9.59 Å². The van der Waals surface area contributed by atoms with Crippen LogP contribution in [-0.4, -0.2) is 17.9 Å². The van der Waals surface area contributed by atoms with Gasteiger partial charge in [0.2, 0.25) is 0 Å². The molecule has 4 heteroatoms. The fourth-order valence-electron chi connectivity index (χ4n) is 3.17. The topological polar surface area (TPSA) is 55.4 Å². The predicted octanol–water partition coefficient (Wildman–Crippen LogP) is 6.74. The summed E-state index contributed by atoms with van der Waals surface area (Å²) in [4.78, 5) is 23.8. The van der Waals surface area contributed by atoms with Crippen molar-refractivity contribution in [3.8, 4) is 0 Å². The van der Waals surface area contributed by atoms with Gasteiger partial charge in [-0.25, -0.2) is 4.79 Å². The minimum absolute atomic E-state index is 0.0387. The van der Waals surface area contributed by atoms with Crippen LogP contribution in [0.15, 0.2) is 42.5 Å². The third-order valence-corrected chi connectivity index (χ3v) is 4.86. The molecule has 162 valence electrons. The summed E-state index contributed by atoms with van der Waals surface area (Å²) >= 11 is 0. The van der Waals surface area contributed by atoms with Crippen LogP contribution in [0.1, 0.15) is 90.0 Å². The van der Waals surface area contributed by atoms with Crippen LogP contribution in [0.3, 0.4) is 0 Å². The van der Waals surface area contributed by atoms with Gasteiger partial charge in [0.25, 0.3) is 0 Å². The van der Waals surface area contributed by atoms with E-state index in [4.69, 9.17) is 4.74 Å². The lowest BCUT2D eigenvalue weighted by atomic mass is 10.1. The first-order valence-electron chi connectivity index (χ1n) is 11.3. The maximum absolute atomic E-state index is 12.0. The van der Waals surface area contributed by atoms with E-state index in [1.54, 1.807) is 6.08 Å². The zero-order valence-corrected chi connectivity index (χ0v) is 18.3. The van der Waals surface area contributed by atoms with Gasteiger partial charge in [0.1, 0.15) is 6.61 Å². The van der Waals surface area contributed by atoms with E-state index in [1.165, 1.54) is 51.4 Å². The van der Waals surface area contributed by atoms with Crippen LogP contribution in [0.2, 0.25) is 0 Å². The second kappa shape index (κ2) is 16.8. The molecule has 0 unspecified atom stereocenters. The molecule has 1 atom stereocenters. The van der Waals surface area contributed by atoms with Crippen LogP contribution < -0.4 is 5.32 Å². The SMILES string of the molecule is CCCCCCCCCCC/C=C/C(=O)C[C@@H](C)NC(=O)OCc1ccccc1. The number of carbonyl (C=O) groups excluding carboxylic acids is 2. The highest BCUT2D eigenvalue weighted by Gasteiger charge is 2.11. The molecule has 0 aliphatic carbocycles. The lowest BCUT2D eigenvalue weighted by Gasteiger charge is -2.12. The van der Waals surface area contributed by atoms with Crippen molar-refractivity contribution in [1.29, 1.82) is 0 Å². The fourth-order valence-corrected chi connectivity index (χ4v) is 3.17. The van der Waals surface area contributed by atoms with Crippen LogP contribution in [0.4, 0.5) is 4.79 Å². The Kier molecular flexibility index (Phi) is 14.5. The summed E-state index contributed by atoms with van der Waals surface area (Å²) in [5, 5.41) is 2.71. The first kappa shape index (κ1) is 24.9. The Morgan fingerprint density at radius 1 is 0.966 bits per heavy atom. The van der Waals surface area contributed by atoms with E-state index < -0.39 is 6.09 Å². The maximum atomic E-state index is 12.0. The Morgan fingerprint density at radius 2 is 1.59 bits per heavy atom. The summed E-state index contributed by atoms with van der Waals surface area (Å²) in [5.41, 5.74) is 0.936. The predicted molar refractivity (Wildman–Crippen MR) is 120 cm³/mol. The molecule has 0 saturated heterocycles. The van der Waals surface area contributed by atoms with Crippen molar-refractivity contribution >= 4 is 11.9 Å². The molecule has 1 rings (SSSR count). The molecule has 1 amide bonds. The highest BCUT2D eigenvalue weighted by atomic mass is 16.5. The molecular formula is C25H39NO3. The minimum Gasteiger partial charge on any atom is -0.445 e. The van der Waals surface area contributed by atoms with Gasteiger partial charge in [0, 0.05) is 12.5 Å². The van der Waals surface area contributed by atoms with Gasteiger partial charge >= 0.3 is 6.09 Å². The number of hydrogen-bond donors (Lipinski definition) is 1. The number of amides is 1. The summed E-state index contributed by atoms with van der Waals surface area (Å²) in [6.45, 7) is 4.29. The van der Waals surface area contributed by atoms with Gasteiger partial charge in [0.15, 0.2) is 5.78 Å². The number of benzene rings is 1. The maximum Gasteiger partial charge on any atom is 0.407 e. The highest BCUT2D eigenvalue weighted by molar-refractivity contribution is 5.90. The first-order chi connectivity index (χ1) is 14.1. The van der Waals surface area contributed by atoms with E-state index in [-0.39, 0.29) is 24.9 Å². The number of carbonyl (C=O) groups is 2. The van der Waals surface area contributed by atoms with Crippen LogP contribution in [0.5, 0.6) is 0 Å². The highest BCUT2D eigenvalue weighted by Crippen LogP contribution is 2.10. The molecule has 29 heavy (non-hydrogen) atoms. The zero-order chi connectivity index (χ0) is 21.2. The van der Waals surface area contributed by atoms with Crippen molar-refractivity contribution in [2.75, 3.05) is 0 Å². The number of hydrogen-bond acceptors (Lipinski definition) is 3. The number of ketones is 1. The average molecular weight is 402 g/mol. The molecular weight excluding hydrogens is 362 g/mol. The van der Waals surface area contributed by atoms with Gasteiger partial charge in [-0.15, -0.1) is 0 Å². The van der Waals surface area contributed by atoms with Crippen LogP contribution in [0, 0.1) is 0 Å². The molecule has 0 radical (unpaired) electrons. The standard InChI is InChI=1S/C25H39NO3/c1-3-4-5-6-7-8-9-10-11-12-16-19-24(27)20-22(2)26-25(28)29-21-23-17-14-13-15-18-23/h13-19,22H,3-12,20-21H2,1-2H3,(H,26,28)/b19-16+/t22-/m1/s1. The number of rotatable bonds is 16. The quantitative estimate of drug-likeness (QED) is 0.246. The van der Waals surface area contributed by atoms with Crippen LogP contribution in [0.25, 0.3) is 0 Å². The van der Waals surface area contributed by atoms with Crippen LogP contribution >= 0.6 is 0 Å². The van der Waals surface area contributed by atoms with E-state index in [0.717, 1.165) is 18.4 Å². The molecule has 1 N–H and O–H groups in total. The van der Waals surface area contributed by atoms with E-state index in [0.29, 0.717) is 0 Å². The number of ether oxygens (including phenoxy) is 1. The molecule has 0 spiro atoms. The first-order valence-corrected chi connectivity index (χ1v) is 11.3. The molecule has 4 nitrogen and oxygen atoms in total. The van der Waals surface area contributed by atoms with Crippen LogP contribution in [-0.2, 0) is 16.1 Å². The lowest BCUT2D eigenvalue weighted by molar-refractivity contribution is -0.114. The number of nitrogens with one attached hydrogen (secondary N) is 1. The van der Waals surface area contributed by atoms with Gasteiger partial charge in [-0.3, -0.25) is 4.79 Å².